The van der Waals surface area contributed by atoms with Crippen molar-refractivity contribution in [3.8, 4) is 6.07 Å². The molecule has 1 saturated heterocycles. The summed E-state index contributed by atoms with van der Waals surface area (Å²) in [7, 11) is 0. The summed E-state index contributed by atoms with van der Waals surface area (Å²) in [6, 6.07) is 13.5. The van der Waals surface area contributed by atoms with E-state index in [1.807, 2.05) is 0 Å². The third-order valence-electron chi connectivity index (χ3n) is 4.67. The molecule has 2 aromatic rings. The highest BCUT2D eigenvalue weighted by Gasteiger charge is 2.33. The number of hydrogen-bond donors (Lipinski definition) is 2. The van der Waals surface area contributed by atoms with Crippen LogP contribution >= 0.6 is 11.3 Å². The van der Waals surface area contributed by atoms with E-state index >= 15 is 0 Å². The zero-order valence-corrected chi connectivity index (χ0v) is 14.6. The van der Waals surface area contributed by atoms with Crippen molar-refractivity contribution in [3.05, 3.63) is 57.8 Å². The molecule has 1 fully saturated rings. The van der Waals surface area contributed by atoms with Gasteiger partial charge in [0.1, 0.15) is 6.04 Å². The lowest BCUT2D eigenvalue weighted by atomic mass is 10.1. The summed E-state index contributed by atoms with van der Waals surface area (Å²) in [6.45, 7) is 4.43. The zero-order valence-electron chi connectivity index (χ0n) is 13.8. The van der Waals surface area contributed by atoms with Crippen molar-refractivity contribution in [2.45, 2.75) is 31.8 Å². The molecule has 5 heteroatoms. The summed E-state index contributed by atoms with van der Waals surface area (Å²) in [5, 5.41) is 14.1. The Morgan fingerprint density at radius 2 is 1.96 bits per heavy atom. The number of benzene rings is 1. The predicted molar refractivity (Wildman–Crippen MR) is 95.1 cm³/mol. The molecule has 4 nitrogen and oxygen atoms in total. The van der Waals surface area contributed by atoms with Gasteiger partial charge in [-0.2, -0.15) is 5.26 Å². The number of hydrogen-bond acceptors (Lipinski definition) is 3. The molecule has 1 aliphatic heterocycles. The minimum Gasteiger partial charge on any atom is -0.343 e. The Morgan fingerprint density at radius 3 is 2.54 bits per heavy atom. The molecule has 0 saturated carbocycles. The van der Waals surface area contributed by atoms with E-state index in [4.69, 9.17) is 5.26 Å². The quantitative estimate of drug-likeness (QED) is 0.876. The monoisotopic (exact) mass is 340 g/mol. The molecule has 0 unspecified atom stereocenters. The molecule has 0 spiro atoms. The van der Waals surface area contributed by atoms with Crippen LogP contribution in [-0.2, 0) is 0 Å². The Morgan fingerprint density at radius 1 is 1.25 bits per heavy atom. The summed E-state index contributed by atoms with van der Waals surface area (Å²) >= 11 is 1.77. The number of nitrogens with one attached hydrogen (secondary N) is 2. The van der Waals surface area contributed by atoms with Gasteiger partial charge in [0.15, 0.2) is 0 Å². The minimum atomic E-state index is -0.0767. The number of carbonyl (C=O) groups excluding carboxylic acids is 1. The first-order chi connectivity index (χ1) is 11.7. The van der Waals surface area contributed by atoms with Crippen LogP contribution in [-0.4, -0.2) is 25.0 Å². The second kappa shape index (κ2) is 7.61. The standard InChI is InChI=1S/C19H21N3OS/c1-14(21-19(23)16-8-6-15(13-20)7-9-16)18(17-5-4-12-24-17)22-10-2-3-11-22/h4-9,12,14,18H,2-3,10-11H2,1H3,(H,21,23)/p+1/t14-,18-/m1/s1. The predicted octanol–water partition coefficient (Wildman–Crippen LogP) is 2.16. The van der Waals surface area contributed by atoms with E-state index in [1.165, 1.54) is 30.8 Å². The molecule has 2 heterocycles. The fraction of sp³-hybridized carbons (Fsp3) is 0.368. The first kappa shape index (κ1) is 16.7. The molecule has 124 valence electrons. The normalized spacial score (nSPS) is 17.2. The third-order valence-corrected chi connectivity index (χ3v) is 5.63. The van der Waals surface area contributed by atoms with E-state index in [9.17, 15) is 4.79 Å². The molecule has 2 N–H and O–H groups in total. The lowest BCUT2D eigenvalue weighted by Crippen LogP contribution is -3.11. The first-order valence-electron chi connectivity index (χ1n) is 8.38. The summed E-state index contributed by atoms with van der Waals surface area (Å²) in [4.78, 5) is 15.4. The van der Waals surface area contributed by atoms with Crippen LogP contribution in [0.4, 0.5) is 0 Å². The van der Waals surface area contributed by atoms with Crippen LogP contribution in [0.1, 0.15) is 46.6 Å². The van der Waals surface area contributed by atoms with Gasteiger partial charge in [-0.1, -0.05) is 6.07 Å². The smallest absolute Gasteiger partial charge is 0.251 e. The van der Waals surface area contributed by atoms with Gasteiger partial charge in [0.25, 0.3) is 5.91 Å². The van der Waals surface area contributed by atoms with E-state index < -0.39 is 0 Å². The van der Waals surface area contributed by atoms with E-state index in [1.54, 1.807) is 40.5 Å². The first-order valence-corrected chi connectivity index (χ1v) is 9.26. The van der Waals surface area contributed by atoms with Gasteiger partial charge >= 0.3 is 0 Å². The van der Waals surface area contributed by atoms with Crippen LogP contribution in [0.3, 0.4) is 0 Å². The van der Waals surface area contributed by atoms with Crippen LogP contribution in [0, 0.1) is 11.3 Å². The van der Waals surface area contributed by atoms with Crippen molar-refractivity contribution in [1.29, 1.82) is 5.26 Å². The summed E-state index contributed by atoms with van der Waals surface area (Å²) in [5.74, 6) is -0.0767. The molecular weight excluding hydrogens is 318 g/mol. The molecule has 24 heavy (non-hydrogen) atoms. The van der Waals surface area contributed by atoms with Crippen molar-refractivity contribution in [1.82, 2.24) is 5.32 Å². The Balaban J connectivity index is 1.73. The fourth-order valence-corrected chi connectivity index (χ4v) is 4.47. The van der Waals surface area contributed by atoms with Gasteiger partial charge in [-0.3, -0.25) is 4.79 Å². The summed E-state index contributed by atoms with van der Waals surface area (Å²) in [5.41, 5.74) is 1.17. The van der Waals surface area contributed by atoms with Crippen molar-refractivity contribution in [3.63, 3.8) is 0 Å². The van der Waals surface area contributed by atoms with Crippen LogP contribution in [0.25, 0.3) is 0 Å². The number of nitriles is 1. The third kappa shape index (κ3) is 3.66. The number of quaternary nitrogens is 1. The Hall–Kier alpha value is -2.16. The number of thiophene rings is 1. The second-order valence-corrected chi connectivity index (χ2v) is 7.29. The molecule has 1 aromatic carbocycles. The molecule has 2 atom stereocenters. The van der Waals surface area contributed by atoms with Gasteiger partial charge in [-0.05, 0) is 42.6 Å². The molecular formula is C19H22N3OS+. The molecule has 3 rings (SSSR count). The van der Waals surface area contributed by atoms with Crippen LogP contribution < -0.4 is 10.2 Å². The van der Waals surface area contributed by atoms with Crippen LogP contribution in [0.5, 0.6) is 0 Å². The van der Waals surface area contributed by atoms with E-state index in [-0.39, 0.29) is 11.9 Å². The average Bonchev–Trinajstić information content (AvgIpc) is 3.29. The molecule has 1 amide bonds. The van der Waals surface area contributed by atoms with E-state index in [2.05, 4.69) is 35.8 Å². The van der Waals surface area contributed by atoms with Crippen molar-refractivity contribution in [2.75, 3.05) is 13.1 Å². The topological polar surface area (TPSA) is 57.3 Å². The number of carbonyl (C=O) groups is 1. The fourth-order valence-electron chi connectivity index (χ4n) is 3.48. The SMILES string of the molecule is C[C@@H](NC(=O)c1ccc(C#N)cc1)[C@H](c1cccs1)[NH+]1CCCC1. The Bertz CT molecular complexity index is 712. The van der Waals surface area contributed by atoms with Crippen LogP contribution in [0.15, 0.2) is 41.8 Å². The minimum absolute atomic E-state index is 0.0555. The van der Waals surface area contributed by atoms with Gasteiger partial charge in [-0.15, -0.1) is 11.3 Å². The van der Waals surface area contributed by atoms with Gasteiger partial charge in [-0.25, -0.2) is 0 Å². The van der Waals surface area contributed by atoms with E-state index in [0.29, 0.717) is 17.2 Å². The zero-order chi connectivity index (χ0) is 16.9. The molecule has 0 aliphatic carbocycles. The lowest BCUT2D eigenvalue weighted by molar-refractivity contribution is -0.920. The Kier molecular flexibility index (Phi) is 5.29. The highest BCUT2D eigenvalue weighted by Crippen LogP contribution is 2.21. The molecule has 0 bridgehead atoms. The number of nitrogens with zero attached hydrogens (tertiary/aromatic N) is 1. The van der Waals surface area contributed by atoms with Gasteiger partial charge in [0.2, 0.25) is 0 Å². The molecule has 0 radical (unpaired) electrons. The maximum Gasteiger partial charge on any atom is 0.251 e. The Labute approximate surface area is 146 Å². The summed E-state index contributed by atoms with van der Waals surface area (Å²) < 4.78 is 0. The van der Waals surface area contributed by atoms with Gasteiger partial charge in [0, 0.05) is 18.4 Å². The number of rotatable bonds is 5. The average molecular weight is 340 g/mol. The van der Waals surface area contributed by atoms with Crippen molar-refractivity contribution in [2.24, 2.45) is 0 Å². The summed E-state index contributed by atoms with van der Waals surface area (Å²) in [6.07, 6.45) is 2.51. The van der Waals surface area contributed by atoms with Gasteiger partial charge in [0.05, 0.1) is 35.6 Å². The van der Waals surface area contributed by atoms with E-state index in [0.717, 1.165) is 0 Å². The number of likely N-dealkylation sites (tertiary alicyclic amines) is 1. The number of amides is 1. The molecule has 1 aliphatic rings. The largest absolute Gasteiger partial charge is 0.343 e. The van der Waals surface area contributed by atoms with Crippen molar-refractivity contribution >= 4 is 17.2 Å². The van der Waals surface area contributed by atoms with Gasteiger partial charge < -0.3 is 10.2 Å². The van der Waals surface area contributed by atoms with Crippen LogP contribution in [0.2, 0.25) is 0 Å². The molecule has 1 aromatic heterocycles. The maximum atomic E-state index is 12.5. The lowest BCUT2D eigenvalue weighted by Gasteiger charge is -2.29. The highest BCUT2D eigenvalue weighted by molar-refractivity contribution is 7.10. The second-order valence-electron chi connectivity index (χ2n) is 6.31. The maximum absolute atomic E-state index is 12.5. The van der Waals surface area contributed by atoms with Crippen molar-refractivity contribution < 1.29 is 9.69 Å². The highest BCUT2D eigenvalue weighted by atomic mass is 32.1.